The normalized spacial score (nSPS) is 14.4. The first-order chi connectivity index (χ1) is 16.4. The minimum Gasteiger partial charge on any atom is -0.356 e. The molecule has 3 heterocycles. The average Bonchev–Trinajstić information content (AvgIpc) is 3.27. The third-order valence-corrected chi connectivity index (χ3v) is 7.26. The molecule has 2 amide bonds. The lowest BCUT2D eigenvalue weighted by Gasteiger charge is -2.30. The van der Waals surface area contributed by atoms with E-state index in [1.165, 1.54) is 22.2 Å². The van der Waals surface area contributed by atoms with E-state index in [0.717, 1.165) is 35.5 Å². The van der Waals surface area contributed by atoms with Crippen LogP contribution in [0.1, 0.15) is 37.3 Å². The number of rotatable bonds is 7. The van der Waals surface area contributed by atoms with Crippen molar-refractivity contribution in [3.8, 4) is 0 Å². The highest BCUT2D eigenvalue weighted by atomic mass is 32.1. The van der Waals surface area contributed by atoms with Crippen LogP contribution in [-0.4, -0.2) is 46.0 Å². The zero-order chi connectivity index (χ0) is 24.2. The molecule has 1 aromatic carbocycles. The summed E-state index contributed by atoms with van der Waals surface area (Å²) in [5.41, 5.74) is 3.04. The van der Waals surface area contributed by atoms with E-state index < -0.39 is 0 Å². The van der Waals surface area contributed by atoms with Crippen molar-refractivity contribution in [2.45, 2.75) is 46.6 Å². The number of anilines is 2. The summed E-state index contributed by atoms with van der Waals surface area (Å²) < 4.78 is 1.74. The van der Waals surface area contributed by atoms with Crippen molar-refractivity contribution in [1.29, 1.82) is 0 Å². The number of amides is 2. The van der Waals surface area contributed by atoms with Gasteiger partial charge in [0.2, 0.25) is 11.8 Å². The molecule has 9 nitrogen and oxygen atoms in total. The number of thiazole rings is 1. The first kappa shape index (κ1) is 23.9. The maximum Gasteiger partial charge on any atom is 0.273 e. The first-order valence-corrected chi connectivity index (χ1v) is 12.4. The number of aryl methyl sites for hydroxylation is 2. The number of carbonyl (C=O) groups excluding carboxylic acids is 2. The molecule has 1 aliphatic rings. The zero-order valence-corrected chi connectivity index (χ0v) is 20.6. The maximum absolute atomic E-state index is 13.0. The number of carbonyl (C=O) groups is 2. The highest BCUT2D eigenvalue weighted by Crippen LogP contribution is 2.29. The standard InChI is InChI=1S/C24H30N6O3S/c1-4-9-25-22(32)17-7-10-29(11-8-17)24-28-21-20(34-24)23(33)30(14-26-21)13-19(31)27-18-6-5-15(2)16(3)12-18/h5-6,12,14,17H,4,7-11,13H2,1-3H3,(H,25,32)(H,27,31). The molecule has 0 saturated carbocycles. The third kappa shape index (κ3) is 5.27. The van der Waals surface area contributed by atoms with Crippen molar-refractivity contribution in [2.75, 3.05) is 29.9 Å². The lowest BCUT2D eigenvalue weighted by Crippen LogP contribution is -2.40. The molecule has 2 N–H and O–H groups in total. The Morgan fingerprint density at radius 2 is 1.94 bits per heavy atom. The lowest BCUT2D eigenvalue weighted by atomic mass is 9.96. The van der Waals surface area contributed by atoms with Gasteiger partial charge in [-0.25, -0.2) is 4.98 Å². The molecule has 0 bridgehead atoms. The monoisotopic (exact) mass is 482 g/mol. The molecule has 3 aromatic rings. The van der Waals surface area contributed by atoms with Gasteiger partial charge >= 0.3 is 0 Å². The zero-order valence-electron chi connectivity index (χ0n) is 19.8. The molecule has 10 heteroatoms. The van der Waals surface area contributed by atoms with Crippen molar-refractivity contribution >= 4 is 44.3 Å². The van der Waals surface area contributed by atoms with E-state index in [4.69, 9.17) is 0 Å². The van der Waals surface area contributed by atoms with Crippen LogP contribution in [0.25, 0.3) is 10.3 Å². The number of nitrogens with one attached hydrogen (secondary N) is 2. The summed E-state index contributed by atoms with van der Waals surface area (Å²) in [5, 5.41) is 6.53. The van der Waals surface area contributed by atoms with Gasteiger partial charge in [-0.3, -0.25) is 19.0 Å². The smallest absolute Gasteiger partial charge is 0.273 e. The molecule has 1 aliphatic heterocycles. The second kappa shape index (κ2) is 10.3. The van der Waals surface area contributed by atoms with E-state index in [-0.39, 0.29) is 29.8 Å². The highest BCUT2D eigenvalue weighted by Gasteiger charge is 2.26. The molecular weight excluding hydrogens is 452 g/mol. The van der Waals surface area contributed by atoms with Crippen LogP contribution < -0.4 is 21.1 Å². The number of nitrogens with zero attached hydrogens (tertiary/aromatic N) is 4. The molecule has 1 fully saturated rings. The average molecular weight is 483 g/mol. The quantitative estimate of drug-likeness (QED) is 0.536. The summed E-state index contributed by atoms with van der Waals surface area (Å²) in [4.78, 5) is 48.7. The molecule has 0 aliphatic carbocycles. The lowest BCUT2D eigenvalue weighted by molar-refractivity contribution is -0.125. The number of aromatic nitrogens is 3. The molecule has 0 radical (unpaired) electrons. The van der Waals surface area contributed by atoms with Crippen LogP contribution in [-0.2, 0) is 16.1 Å². The van der Waals surface area contributed by atoms with E-state index in [0.29, 0.717) is 35.7 Å². The second-order valence-electron chi connectivity index (χ2n) is 8.73. The van der Waals surface area contributed by atoms with Crippen LogP contribution in [0.15, 0.2) is 29.3 Å². The fourth-order valence-corrected chi connectivity index (χ4v) is 5.00. The molecule has 0 unspecified atom stereocenters. The predicted octanol–water partition coefficient (Wildman–Crippen LogP) is 2.85. The van der Waals surface area contributed by atoms with Gasteiger partial charge in [0.15, 0.2) is 10.8 Å². The summed E-state index contributed by atoms with van der Waals surface area (Å²) in [6.45, 7) is 8.02. The molecule has 2 aromatic heterocycles. The van der Waals surface area contributed by atoms with Gasteiger partial charge in [0.25, 0.3) is 5.56 Å². The van der Waals surface area contributed by atoms with Gasteiger partial charge in [-0.05, 0) is 56.4 Å². The number of benzene rings is 1. The van der Waals surface area contributed by atoms with E-state index in [1.807, 2.05) is 39.0 Å². The van der Waals surface area contributed by atoms with Crippen LogP contribution in [0.2, 0.25) is 0 Å². The fraction of sp³-hybridized carbons (Fsp3) is 0.458. The summed E-state index contributed by atoms with van der Waals surface area (Å²) in [6.07, 6.45) is 3.80. The molecular formula is C24H30N6O3S. The first-order valence-electron chi connectivity index (χ1n) is 11.6. The Labute approximate surface area is 202 Å². The van der Waals surface area contributed by atoms with Crippen LogP contribution in [0, 0.1) is 19.8 Å². The summed E-state index contributed by atoms with van der Waals surface area (Å²) >= 11 is 1.29. The third-order valence-electron chi connectivity index (χ3n) is 6.16. The Balaban J connectivity index is 1.42. The van der Waals surface area contributed by atoms with Crippen LogP contribution in [0.5, 0.6) is 0 Å². The Bertz CT molecular complexity index is 1260. The Hall–Kier alpha value is -3.27. The number of hydrogen-bond donors (Lipinski definition) is 2. The van der Waals surface area contributed by atoms with Crippen molar-refractivity contribution in [1.82, 2.24) is 19.9 Å². The number of fused-ring (bicyclic) bond motifs is 1. The van der Waals surface area contributed by atoms with Crippen molar-refractivity contribution < 1.29 is 9.59 Å². The van der Waals surface area contributed by atoms with Gasteiger partial charge < -0.3 is 15.5 Å². The van der Waals surface area contributed by atoms with Crippen LogP contribution >= 0.6 is 11.3 Å². The molecule has 0 atom stereocenters. The molecule has 34 heavy (non-hydrogen) atoms. The van der Waals surface area contributed by atoms with Crippen molar-refractivity contribution in [3.05, 3.63) is 46.0 Å². The van der Waals surface area contributed by atoms with E-state index in [2.05, 4.69) is 25.5 Å². The SMILES string of the molecule is CCCNC(=O)C1CCN(c2nc3ncn(CC(=O)Nc4ccc(C)c(C)c4)c(=O)c3s2)CC1. The molecule has 4 rings (SSSR count). The van der Waals surface area contributed by atoms with Crippen LogP contribution in [0.3, 0.4) is 0 Å². The Morgan fingerprint density at radius 3 is 2.65 bits per heavy atom. The highest BCUT2D eigenvalue weighted by molar-refractivity contribution is 7.22. The second-order valence-corrected chi connectivity index (χ2v) is 9.70. The van der Waals surface area contributed by atoms with E-state index >= 15 is 0 Å². The van der Waals surface area contributed by atoms with Crippen LogP contribution in [0.4, 0.5) is 10.8 Å². The van der Waals surface area contributed by atoms with Crippen molar-refractivity contribution in [2.24, 2.45) is 5.92 Å². The van der Waals surface area contributed by atoms with E-state index in [1.54, 1.807) is 0 Å². The predicted molar refractivity (Wildman–Crippen MR) is 134 cm³/mol. The Morgan fingerprint density at radius 1 is 1.18 bits per heavy atom. The van der Waals surface area contributed by atoms with Gasteiger partial charge in [0, 0.05) is 31.2 Å². The number of hydrogen-bond acceptors (Lipinski definition) is 7. The minimum atomic E-state index is -0.292. The summed E-state index contributed by atoms with van der Waals surface area (Å²) in [7, 11) is 0. The fourth-order valence-electron chi connectivity index (χ4n) is 3.98. The van der Waals surface area contributed by atoms with Gasteiger partial charge in [-0.2, -0.15) is 4.98 Å². The van der Waals surface area contributed by atoms with Gasteiger partial charge in [-0.1, -0.05) is 24.3 Å². The van der Waals surface area contributed by atoms with E-state index in [9.17, 15) is 14.4 Å². The number of piperidine rings is 1. The minimum absolute atomic E-state index is 0.0170. The topological polar surface area (TPSA) is 109 Å². The summed E-state index contributed by atoms with van der Waals surface area (Å²) in [5.74, 6) is -0.155. The van der Waals surface area contributed by atoms with Gasteiger partial charge in [0.05, 0.1) is 0 Å². The molecule has 180 valence electrons. The van der Waals surface area contributed by atoms with Gasteiger partial charge in [0.1, 0.15) is 17.6 Å². The Kier molecular flexibility index (Phi) is 7.26. The molecule has 1 saturated heterocycles. The van der Waals surface area contributed by atoms with Crippen molar-refractivity contribution in [3.63, 3.8) is 0 Å². The largest absolute Gasteiger partial charge is 0.356 e. The maximum atomic E-state index is 13.0. The van der Waals surface area contributed by atoms with Gasteiger partial charge in [-0.15, -0.1) is 0 Å². The molecule has 0 spiro atoms. The summed E-state index contributed by atoms with van der Waals surface area (Å²) in [6, 6.07) is 5.70.